The summed E-state index contributed by atoms with van der Waals surface area (Å²) in [5.74, 6) is -1.41. The number of anilines is 1. The average molecular weight is 461 g/mol. The third-order valence-electron chi connectivity index (χ3n) is 4.84. The van der Waals surface area contributed by atoms with E-state index in [9.17, 15) is 14.4 Å². The minimum atomic E-state index is -0.610. The molecule has 2 N–H and O–H groups in total. The number of nitrogens with zero attached hydrogens (tertiary/aromatic N) is 2. The maximum absolute atomic E-state index is 12.6. The largest absolute Gasteiger partial charge is 0.455 e. The summed E-state index contributed by atoms with van der Waals surface area (Å²) in [5, 5.41) is 5.55. The third kappa shape index (κ3) is 5.78. The second kappa shape index (κ2) is 10.5. The summed E-state index contributed by atoms with van der Waals surface area (Å²) in [5.41, 5.74) is 2.99. The third-order valence-corrected chi connectivity index (χ3v) is 5.38. The van der Waals surface area contributed by atoms with Crippen molar-refractivity contribution in [1.82, 2.24) is 14.1 Å². The molecular weight excluding hydrogens is 440 g/mol. The van der Waals surface area contributed by atoms with Gasteiger partial charge in [0.25, 0.3) is 11.8 Å². The van der Waals surface area contributed by atoms with E-state index in [1.165, 1.54) is 0 Å². The van der Waals surface area contributed by atoms with Crippen molar-refractivity contribution >= 4 is 46.2 Å². The number of aromatic nitrogens is 2. The van der Waals surface area contributed by atoms with Gasteiger partial charge in [0.1, 0.15) is 11.0 Å². The van der Waals surface area contributed by atoms with E-state index in [0.717, 1.165) is 17.3 Å². The van der Waals surface area contributed by atoms with Crippen LogP contribution >= 0.6 is 11.7 Å². The van der Waals surface area contributed by atoms with E-state index in [2.05, 4.69) is 19.4 Å². The van der Waals surface area contributed by atoms with Crippen LogP contribution in [0.3, 0.4) is 0 Å². The number of carbonyl (C=O) groups is 3. The molecule has 4 rings (SSSR count). The topological polar surface area (TPSA) is 110 Å². The standard InChI is InChI=1S/C24H20N4O4S/c29-21(25-18-12-7-13-19-23(18)28-33-27-19)15-32-22(30)14-20(16-8-3-1-4-9-16)26-24(31)17-10-5-2-6-11-17/h1-13,20H,14-15H2,(H,25,29)(H,26,31)/t20-/m0/s1. The highest BCUT2D eigenvalue weighted by Crippen LogP contribution is 2.21. The van der Waals surface area contributed by atoms with Gasteiger partial charge in [-0.3, -0.25) is 14.4 Å². The highest BCUT2D eigenvalue weighted by Gasteiger charge is 2.21. The van der Waals surface area contributed by atoms with Crippen LogP contribution in [0.25, 0.3) is 11.0 Å². The van der Waals surface area contributed by atoms with Gasteiger partial charge >= 0.3 is 5.97 Å². The molecule has 2 amide bonds. The van der Waals surface area contributed by atoms with Crippen molar-refractivity contribution in [2.24, 2.45) is 0 Å². The van der Waals surface area contributed by atoms with Crippen LogP contribution in [0, 0.1) is 0 Å². The van der Waals surface area contributed by atoms with E-state index in [1.807, 2.05) is 36.4 Å². The second-order valence-electron chi connectivity index (χ2n) is 7.15. The molecule has 0 radical (unpaired) electrons. The minimum Gasteiger partial charge on any atom is -0.455 e. The maximum atomic E-state index is 12.6. The number of hydrogen-bond donors (Lipinski definition) is 2. The molecule has 0 unspecified atom stereocenters. The van der Waals surface area contributed by atoms with Crippen molar-refractivity contribution in [3.8, 4) is 0 Å². The quantitative estimate of drug-likeness (QED) is 0.388. The Kier molecular flexibility index (Phi) is 7.01. The van der Waals surface area contributed by atoms with Gasteiger partial charge in [0.2, 0.25) is 0 Å². The van der Waals surface area contributed by atoms with Crippen molar-refractivity contribution in [1.29, 1.82) is 0 Å². The van der Waals surface area contributed by atoms with Crippen molar-refractivity contribution < 1.29 is 19.1 Å². The Morgan fingerprint density at radius 1 is 0.879 bits per heavy atom. The minimum absolute atomic E-state index is 0.124. The fourth-order valence-corrected chi connectivity index (χ4v) is 3.78. The number of esters is 1. The molecular formula is C24H20N4O4S. The van der Waals surface area contributed by atoms with Gasteiger partial charge in [0.05, 0.1) is 29.9 Å². The number of ether oxygens (including phenoxy) is 1. The lowest BCUT2D eigenvalue weighted by Crippen LogP contribution is -2.31. The zero-order valence-corrected chi connectivity index (χ0v) is 18.2. The molecule has 0 saturated carbocycles. The first-order valence-electron chi connectivity index (χ1n) is 10.2. The lowest BCUT2D eigenvalue weighted by Gasteiger charge is -2.19. The first kappa shape index (κ1) is 22.1. The van der Waals surface area contributed by atoms with Gasteiger partial charge in [-0.2, -0.15) is 8.75 Å². The van der Waals surface area contributed by atoms with Crippen LogP contribution in [0.15, 0.2) is 78.9 Å². The van der Waals surface area contributed by atoms with E-state index < -0.39 is 24.5 Å². The molecule has 3 aromatic carbocycles. The molecule has 0 aliphatic rings. The number of carbonyl (C=O) groups excluding carboxylic acids is 3. The van der Waals surface area contributed by atoms with Gasteiger partial charge in [-0.1, -0.05) is 54.6 Å². The molecule has 0 spiro atoms. The van der Waals surface area contributed by atoms with Crippen LogP contribution in [-0.2, 0) is 14.3 Å². The summed E-state index contributed by atoms with van der Waals surface area (Å²) in [6.07, 6.45) is -0.124. The number of nitrogens with one attached hydrogen (secondary N) is 2. The molecule has 4 aromatic rings. The van der Waals surface area contributed by atoms with Gasteiger partial charge in [-0.15, -0.1) is 0 Å². The first-order valence-corrected chi connectivity index (χ1v) is 10.9. The van der Waals surface area contributed by atoms with E-state index in [4.69, 9.17) is 4.74 Å². The highest BCUT2D eigenvalue weighted by atomic mass is 32.1. The Hall–Kier alpha value is -4.11. The van der Waals surface area contributed by atoms with Crippen LogP contribution < -0.4 is 10.6 Å². The first-order chi connectivity index (χ1) is 16.1. The van der Waals surface area contributed by atoms with Gasteiger partial charge in [-0.25, -0.2) is 0 Å². The predicted molar refractivity (Wildman–Crippen MR) is 125 cm³/mol. The van der Waals surface area contributed by atoms with Crippen molar-refractivity contribution in [2.45, 2.75) is 12.5 Å². The molecule has 33 heavy (non-hydrogen) atoms. The van der Waals surface area contributed by atoms with Crippen molar-refractivity contribution in [2.75, 3.05) is 11.9 Å². The molecule has 0 fully saturated rings. The van der Waals surface area contributed by atoms with Crippen LogP contribution in [0.1, 0.15) is 28.4 Å². The van der Waals surface area contributed by atoms with E-state index in [1.54, 1.807) is 42.5 Å². The number of fused-ring (bicyclic) bond motifs is 1. The Morgan fingerprint density at radius 3 is 2.36 bits per heavy atom. The molecule has 9 heteroatoms. The zero-order valence-electron chi connectivity index (χ0n) is 17.4. The Bertz CT molecular complexity index is 1260. The Labute approximate surface area is 193 Å². The lowest BCUT2D eigenvalue weighted by molar-refractivity contribution is -0.147. The van der Waals surface area contributed by atoms with Gasteiger partial charge in [0.15, 0.2) is 6.61 Å². The Morgan fingerprint density at radius 2 is 1.61 bits per heavy atom. The number of benzene rings is 3. The van der Waals surface area contributed by atoms with Crippen molar-refractivity contribution in [3.63, 3.8) is 0 Å². The molecule has 1 heterocycles. The van der Waals surface area contributed by atoms with Gasteiger partial charge < -0.3 is 15.4 Å². The van der Waals surface area contributed by atoms with E-state index in [0.29, 0.717) is 22.3 Å². The van der Waals surface area contributed by atoms with E-state index >= 15 is 0 Å². The van der Waals surface area contributed by atoms with Gasteiger partial charge in [0, 0.05) is 5.56 Å². The Balaban J connectivity index is 1.37. The maximum Gasteiger partial charge on any atom is 0.308 e. The molecule has 1 atom stereocenters. The number of rotatable bonds is 8. The molecule has 1 aromatic heterocycles. The summed E-state index contributed by atoms with van der Waals surface area (Å²) in [4.78, 5) is 37.4. The summed E-state index contributed by atoms with van der Waals surface area (Å²) >= 11 is 1.05. The van der Waals surface area contributed by atoms with Gasteiger partial charge in [-0.05, 0) is 29.8 Å². The van der Waals surface area contributed by atoms with Crippen LogP contribution in [0.5, 0.6) is 0 Å². The summed E-state index contributed by atoms with van der Waals surface area (Å²) in [7, 11) is 0. The molecule has 166 valence electrons. The summed E-state index contributed by atoms with van der Waals surface area (Å²) in [6, 6.07) is 22.5. The summed E-state index contributed by atoms with van der Waals surface area (Å²) < 4.78 is 13.5. The van der Waals surface area contributed by atoms with Crippen molar-refractivity contribution in [3.05, 3.63) is 90.0 Å². The zero-order chi connectivity index (χ0) is 23.0. The van der Waals surface area contributed by atoms with Crippen LogP contribution in [-0.4, -0.2) is 33.1 Å². The molecule has 8 nitrogen and oxygen atoms in total. The molecule has 0 bridgehead atoms. The molecule has 0 saturated heterocycles. The number of amides is 2. The monoisotopic (exact) mass is 460 g/mol. The highest BCUT2D eigenvalue weighted by molar-refractivity contribution is 7.00. The van der Waals surface area contributed by atoms with Crippen LogP contribution in [0.2, 0.25) is 0 Å². The fraction of sp³-hybridized carbons (Fsp3) is 0.125. The molecule has 0 aliphatic heterocycles. The number of hydrogen-bond acceptors (Lipinski definition) is 7. The average Bonchev–Trinajstić information content (AvgIpc) is 3.33. The van der Waals surface area contributed by atoms with E-state index in [-0.39, 0.29) is 12.3 Å². The SMILES string of the molecule is O=C(COC(=O)C[C@H](NC(=O)c1ccccc1)c1ccccc1)Nc1cccc2nsnc12. The van der Waals surface area contributed by atoms with Crippen LogP contribution in [0.4, 0.5) is 5.69 Å². The fourth-order valence-electron chi connectivity index (χ4n) is 3.23. The second-order valence-corrected chi connectivity index (χ2v) is 7.68. The lowest BCUT2D eigenvalue weighted by atomic mass is 10.0. The smallest absolute Gasteiger partial charge is 0.308 e. The molecule has 0 aliphatic carbocycles. The normalized spacial score (nSPS) is 11.5. The predicted octanol–water partition coefficient (Wildman–Crippen LogP) is 3.73. The summed E-state index contributed by atoms with van der Waals surface area (Å²) in [6.45, 7) is -0.457.